The maximum atomic E-state index is 5.74. The van der Waals surface area contributed by atoms with Crippen LogP contribution in [0.4, 0.5) is 0 Å². The molecule has 0 radical (unpaired) electrons. The van der Waals surface area contributed by atoms with Crippen molar-refractivity contribution < 1.29 is 9.05 Å². The molecule has 0 spiro atoms. The summed E-state index contributed by atoms with van der Waals surface area (Å²) < 4.78 is 11.2. The molecule has 0 aromatic carbocycles. The van der Waals surface area contributed by atoms with Crippen molar-refractivity contribution in [2.75, 3.05) is 26.0 Å². The van der Waals surface area contributed by atoms with E-state index in [1.165, 1.54) is 0 Å². The Balaban J connectivity index is 3.84. The molecule has 0 bridgehead atoms. The first kappa shape index (κ1) is 11.4. The van der Waals surface area contributed by atoms with E-state index in [9.17, 15) is 0 Å². The van der Waals surface area contributed by atoms with Crippen LogP contribution in [0.1, 0.15) is 27.2 Å². The number of rotatable bonds is 6. The summed E-state index contributed by atoms with van der Waals surface area (Å²) in [4.78, 5) is 0. The average molecular weight is 180 g/mol. The van der Waals surface area contributed by atoms with E-state index in [1.54, 1.807) is 7.11 Å². The van der Waals surface area contributed by atoms with Gasteiger partial charge in [-0.1, -0.05) is 0 Å². The Morgan fingerprint density at radius 2 is 1.64 bits per heavy atom. The van der Waals surface area contributed by atoms with Crippen molar-refractivity contribution in [2.45, 2.75) is 27.2 Å². The molecular weight excluding hydrogens is 159 g/mol. The third-order valence-electron chi connectivity index (χ3n) is 2.02. The van der Waals surface area contributed by atoms with E-state index in [-0.39, 0.29) is 0 Å². The first-order valence-corrected chi connectivity index (χ1v) is 6.66. The zero-order valence-electron chi connectivity index (χ0n) is 8.14. The Morgan fingerprint density at radius 1 is 1.09 bits per heavy atom. The predicted octanol–water partition coefficient (Wildman–Crippen LogP) is 2.68. The molecule has 0 aliphatic carbocycles. The summed E-state index contributed by atoms with van der Waals surface area (Å²) in [7, 11) is 0.0343. The van der Waals surface area contributed by atoms with E-state index in [4.69, 9.17) is 9.05 Å². The Bertz CT molecular complexity index is 83.8. The predicted molar refractivity (Wildman–Crippen MR) is 52.6 cm³/mol. The van der Waals surface area contributed by atoms with Crippen molar-refractivity contribution in [1.82, 2.24) is 0 Å². The van der Waals surface area contributed by atoms with Gasteiger partial charge in [0.2, 0.25) is 0 Å². The summed E-state index contributed by atoms with van der Waals surface area (Å²) in [5, 5.41) is 0. The second kappa shape index (κ2) is 5.93. The quantitative estimate of drug-likeness (QED) is 0.585. The Morgan fingerprint density at radius 3 is 1.91 bits per heavy atom. The molecule has 2 nitrogen and oxygen atoms in total. The van der Waals surface area contributed by atoms with E-state index in [1.807, 2.05) is 0 Å². The Hall–Kier alpha value is 0.350. The van der Waals surface area contributed by atoms with Crippen LogP contribution in [0.2, 0.25) is 0 Å². The summed E-state index contributed by atoms with van der Waals surface area (Å²) in [6.07, 6.45) is 3.19. The van der Waals surface area contributed by atoms with Gasteiger partial charge in [-0.25, -0.2) is 0 Å². The fourth-order valence-corrected chi connectivity index (χ4v) is 3.27. The molecule has 0 aromatic heterocycles. The van der Waals surface area contributed by atoms with Gasteiger partial charge in [0.15, 0.2) is 0 Å². The molecule has 0 N–H and O–H groups in total. The van der Waals surface area contributed by atoms with Crippen LogP contribution >= 0.6 is 7.72 Å². The number of hydrogen-bond acceptors (Lipinski definition) is 2. The van der Waals surface area contributed by atoms with Gasteiger partial charge in [0, 0.05) is 0 Å². The van der Waals surface area contributed by atoms with Crippen LogP contribution in [-0.4, -0.2) is 26.0 Å². The molecule has 0 heterocycles. The molecule has 0 aliphatic rings. The van der Waals surface area contributed by atoms with Crippen molar-refractivity contribution >= 4 is 7.72 Å². The molecule has 0 fully saturated rings. The topological polar surface area (TPSA) is 18.5 Å². The van der Waals surface area contributed by atoms with Gasteiger partial charge in [0.25, 0.3) is 0 Å². The van der Waals surface area contributed by atoms with Crippen molar-refractivity contribution in [3.8, 4) is 0 Å². The van der Waals surface area contributed by atoms with Gasteiger partial charge in [-0.05, 0) is 0 Å². The summed E-state index contributed by atoms with van der Waals surface area (Å²) in [5.41, 5.74) is 0. The number of hydrogen-bond donors (Lipinski definition) is 0. The van der Waals surface area contributed by atoms with Gasteiger partial charge in [-0.3, -0.25) is 0 Å². The molecule has 0 rings (SSSR count). The van der Waals surface area contributed by atoms with Gasteiger partial charge in [0.1, 0.15) is 0 Å². The third-order valence-corrected chi connectivity index (χ3v) is 5.65. The van der Waals surface area contributed by atoms with Gasteiger partial charge >= 0.3 is 70.0 Å². The minimum atomic E-state index is -1.74. The van der Waals surface area contributed by atoms with E-state index in [0.29, 0.717) is 0 Å². The van der Waals surface area contributed by atoms with Gasteiger partial charge in [-0.2, -0.15) is 0 Å². The fourth-order valence-electron chi connectivity index (χ4n) is 1.09. The summed E-state index contributed by atoms with van der Waals surface area (Å²) >= 11 is 0. The van der Waals surface area contributed by atoms with Crippen LogP contribution in [0, 0.1) is 0 Å². The van der Waals surface area contributed by atoms with Crippen LogP contribution < -0.4 is 0 Å². The van der Waals surface area contributed by atoms with Crippen LogP contribution in [0.3, 0.4) is 0 Å². The molecule has 0 saturated carbocycles. The molecule has 3 heteroatoms. The SMILES string of the molecule is CCCO[PH](CC)(CC)OC. The first-order chi connectivity index (χ1) is 5.24. The minimum absolute atomic E-state index is 0.849. The summed E-state index contributed by atoms with van der Waals surface area (Å²) in [5.74, 6) is 0. The van der Waals surface area contributed by atoms with Gasteiger partial charge in [0.05, 0.1) is 0 Å². The monoisotopic (exact) mass is 180 g/mol. The Labute approximate surface area is 70.8 Å². The molecule has 0 aliphatic heterocycles. The zero-order chi connectivity index (χ0) is 8.74. The van der Waals surface area contributed by atoms with E-state index >= 15 is 0 Å². The molecule has 11 heavy (non-hydrogen) atoms. The maximum absolute atomic E-state index is 5.74. The van der Waals surface area contributed by atoms with Crippen molar-refractivity contribution in [1.29, 1.82) is 0 Å². The zero-order valence-corrected chi connectivity index (χ0v) is 9.14. The molecule has 0 atom stereocenters. The first-order valence-electron chi connectivity index (χ1n) is 4.43. The summed E-state index contributed by atoms with van der Waals surface area (Å²) in [6, 6.07) is 0. The normalized spacial score (nSPS) is 13.5. The second-order valence-electron chi connectivity index (χ2n) is 2.67. The Kier molecular flexibility index (Phi) is 6.12. The fraction of sp³-hybridized carbons (Fsp3) is 1.00. The van der Waals surface area contributed by atoms with Crippen molar-refractivity contribution in [3.63, 3.8) is 0 Å². The average Bonchev–Trinajstić information content (AvgIpc) is 2.08. The van der Waals surface area contributed by atoms with Crippen molar-refractivity contribution in [2.24, 2.45) is 0 Å². The molecule has 0 unspecified atom stereocenters. The van der Waals surface area contributed by atoms with E-state index < -0.39 is 7.72 Å². The molecule has 0 amide bonds. The van der Waals surface area contributed by atoms with E-state index in [0.717, 1.165) is 25.4 Å². The van der Waals surface area contributed by atoms with Gasteiger partial charge in [-0.15, -0.1) is 0 Å². The van der Waals surface area contributed by atoms with Crippen LogP contribution in [0.15, 0.2) is 0 Å². The molecule has 0 aromatic rings. The van der Waals surface area contributed by atoms with Crippen LogP contribution in [-0.2, 0) is 9.05 Å². The molecular formula is C8H21O2P. The van der Waals surface area contributed by atoms with Crippen LogP contribution in [0.25, 0.3) is 0 Å². The van der Waals surface area contributed by atoms with Crippen LogP contribution in [0.5, 0.6) is 0 Å². The third kappa shape index (κ3) is 3.50. The molecule has 0 saturated heterocycles. The van der Waals surface area contributed by atoms with Crippen molar-refractivity contribution in [3.05, 3.63) is 0 Å². The second-order valence-corrected chi connectivity index (χ2v) is 6.60. The standard InChI is InChI=1S/C8H21O2P/c1-5-8-10-11(6-2,7-3)9-4/h11H,5-8H2,1-4H3. The van der Waals surface area contributed by atoms with E-state index in [2.05, 4.69) is 20.8 Å². The van der Waals surface area contributed by atoms with Gasteiger partial charge < -0.3 is 0 Å². The molecule has 70 valence electrons. The summed E-state index contributed by atoms with van der Waals surface area (Å²) in [6.45, 7) is 7.27.